The summed E-state index contributed by atoms with van der Waals surface area (Å²) >= 11 is 0. The van der Waals surface area contributed by atoms with Gasteiger partial charge >= 0.3 is 11.9 Å². The van der Waals surface area contributed by atoms with E-state index in [1.807, 2.05) is 0 Å². The highest BCUT2D eigenvalue weighted by Gasteiger charge is 2.14. The maximum atomic E-state index is 10.8. The molecule has 2 aromatic rings. The lowest BCUT2D eigenvalue weighted by molar-refractivity contribution is -0.147. The molecule has 2 aromatic carbocycles. The minimum atomic E-state index is -1.41. The number of ether oxygens (including phenoxy) is 1. The van der Waals surface area contributed by atoms with Crippen LogP contribution in [0, 0.1) is 0 Å². The van der Waals surface area contributed by atoms with Crippen LogP contribution in [0.4, 0.5) is 0 Å². The van der Waals surface area contributed by atoms with Gasteiger partial charge in [-0.05, 0) is 17.7 Å². The van der Waals surface area contributed by atoms with E-state index in [9.17, 15) is 9.59 Å². The fourth-order valence-electron chi connectivity index (χ4n) is 1.55. The van der Waals surface area contributed by atoms with Crippen molar-refractivity contribution in [2.24, 2.45) is 0 Å². The third-order valence-corrected chi connectivity index (χ3v) is 2.82. The number of phenols is 2. The molecule has 0 saturated carbocycles. The first kappa shape index (κ1) is 19.0. The Hall–Kier alpha value is -3.06. The summed E-state index contributed by atoms with van der Waals surface area (Å²) in [6.07, 6.45) is -1.14. The molecule has 0 aromatic heterocycles. The first-order valence-corrected chi connectivity index (χ1v) is 7.03. The van der Waals surface area contributed by atoms with Crippen molar-refractivity contribution >= 4 is 11.9 Å². The second-order valence-corrected chi connectivity index (χ2v) is 4.63. The van der Waals surface area contributed by atoms with Crippen LogP contribution in [0.2, 0.25) is 0 Å². The molecule has 7 heteroatoms. The van der Waals surface area contributed by atoms with Crippen LogP contribution >= 0.6 is 0 Å². The second-order valence-electron chi connectivity index (χ2n) is 4.63. The molecule has 0 fully saturated rings. The number of phenolic OH excluding ortho intramolecular Hbond substituents is 2. The predicted molar refractivity (Wildman–Crippen MR) is 84.7 cm³/mol. The molecule has 0 aliphatic rings. The third-order valence-electron chi connectivity index (χ3n) is 2.82. The summed E-state index contributed by atoms with van der Waals surface area (Å²) < 4.78 is 4.79. The number of rotatable bonds is 4. The number of hydrogen-bond acceptors (Lipinski definition) is 6. The second kappa shape index (κ2) is 9.16. The van der Waals surface area contributed by atoms with Crippen molar-refractivity contribution in [3.63, 3.8) is 0 Å². The van der Waals surface area contributed by atoms with Gasteiger partial charge in [0.1, 0.15) is 5.75 Å². The molecule has 128 valence electrons. The summed E-state index contributed by atoms with van der Waals surface area (Å²) in [6, 6.07) is 12.1. The van der Waals surface area contributed by atoms with Gasteiger partial charge in [0, 0.05) is 12.5 Å². The van der Waals surface area contributed by atoms with E-state index in [0.29, 0.717) is 5.56 Å². The van der Waals surface area contributed by atoms with Gasteiger partial charge in [-0.1, -0.05) is 37.3 Å². The topological polar surface area (TPSA) is 124 Å². The molecule has 0 saturated heterocycles. The monoisotopic (exact) mass is 334 g/mol. The summed E-state index contributed by atoms with van der Waals surface area (Å²) in [5.74, 6) is -1.93. The Morgan fingerprint density at radius 3 is 2.17 bits per heavy atom. The van der Waals surface area contributed by atoms with Crippen LogP contribution in [0.5, 0.6) is 17.2 Å². The van der Waals surface area contributed by atoms with Crippen molar-refractivity contribution in [1.29, 1.82) is 0 Å². The van der Waals surface area contributed by atoms with Gasteiger partial charge in [-0.15, -0.1) is 0 Å². The van der Waals surface area contributed by atoms with E-state index in [1.54, 1.807) is 37.3 Å². The number of aliphatic carboxylic acids is 1. The molecule has 0 aliphatic heterocycles. The van der Waals surface area contributed by atoms with Gasteiger partial charge in [0.2, 0.25) is 0 Å². The van der Waals surface area contributed by atoms with Crippen molar-refractivity contribution in [3.8, 4) is 17.2 Å². The quantitative estimate of drug-likeness (QED) is 0.384. The third kappa shape index (κ3) is 5.98. The zero-order valence-corrected chi connectivity index (χ0v) is 12.9. The van der Waals surface area contributed by atoms with Crippen LogP contribution in [-0.2, 0) is 9.59 Å². The Morgan fingerprint density at radius 2 is 1.67 bits per heavy atom. The van der Waals surface area contributed by atoms with E-state index in [4.69, 9.17) is 25.2 Å². The lowest BCUT2D eigenvalue weighted by Gasteiger charge is -2.03. The number of carboxylic acids is 1. The standard InChI is InChI=1S/C9H10O4.C8H8O3/c1-2-9(12)13-6-3-4-7(10)8(11)5-6;9-7(8(10)11)6-4-2-1-3-5-6/h3-5,10-11H,2H2,1H3;1-5,7,9H,(H,10,11)/t;7-/m.1/s1. The van der Waals surface area contributed by atoms with E-state index in [2.05, 4.69) is 0 Å². The zero-order valence-electron chi connectivity index (χ0n) is 12.9. The van der Waals surface area contributed by atoms with Crippen LogP contribution in [0.15, 0.2) is 48.5 Å². The molecule has 0 unspecified atom stereocenters. The zero-order chi connectivity index (χ0) is 18.1. The lowest BCUT2D eigenvalue weighted by Crippen LogP contribution is -2.09. The molecule has 0 radical (unpaired) electrons. The maximum Gasteiger partial charge on any atom is 0.337 e. The minimum Gasteiger partial charge on any atom is -0.504 e. The smallest absolute Gasteiger partial charge is 0.337 e. The number of benzene rings is 2. The fourth-order valence-corrected chi connectivity index (χ4v) is 1.55. The van der Waals surface area contributed by atoms with Crippen molar-refractivity contribution in [2.75, 3.05) is 0 Å². The molecule has 0 aliphatic carbocycles. The number of aromatic hydroxyl groups is 2. The lowest BCUT2D eigenvalue weighted by atomic mass is 10.1. The Bertz CT molecular complexity index is 683. The van der Waals surface area contributed by atoms with Gasteiger partial charge in [-0.25, -0.2) is 4.79 Å². The van der Waals surface area contributed by atoms with Crippen LogP contribution in [0.1, 0.15) is 25.0 Å². The molecule has 2 rings (SSSR count). The number of carbonyl (C=O) groups is 2. The predicted octanol–water partition coefficient (Wildman–Crippen LogP) is 2.22. The molecule has 4 N–H and O–H groups in total. The molecule has 0 bridgehead atoms. The van der Waals surface area contributed by atoms with Gasteiger partial charge in [0.05, 0.1) is 0 Å². The summed E-state index contributed by atoms with van der Waals surface area (Å²) in [5, 5.41) is 35.4. The van der Waals surface area contributed by atoms with Gasteiger partial charge in [-0.3, -0.25) is 4.79 Å². The van der Waals surface area contributed by atoms with Gasteiger partial charge in [-0.2, -0.15) is 0 Å². The van der Waals surface area contributed by atoms with E-state index in [1.165, 1.54) is 18.2 Å². The number of aliphatic hydroxyl groups is 1. The van der Waals surface area contributed by atoms with Gasteiger partial charge < -0.3 is 25.2 Å². The summed E-state index contributed by atoms with van der Waals surface area (Å²) in [6.45, 7) is 1.67. The average molecular weight is 334 g/mol. The van der Waals surface area contributed by atoms with Crippen LogP contribution in [0.25, 0.3) is 0 Å². The first-order chi connectivity index (χ1) is 11.3. The molecule has 24 heavy (non-hydrogen) atoms. The molecule has 0 heterocycles. The normalized spacial score (nSPS) is 10.9. The molecule has 7 nitrogen and oxygen atoms in total. The van der Waals surface area contributed by atoms with Gasteiger partial charge in [0.15, 0.2) is 17.6 Å². The molecule has 0 spiro atoms. The summed E-state index contributed by atoms with van der Waals surface area (Å²) in [4.78, 5) is 21.1. The molecular weight excluding hydrogens is 316 g/mol. The van der Waals surface area contributed by atoms with Crippen molar-refractivity contribution in [2.45, 2.75) is 19.4 Å². The Balaban J connectivity index is 0.000000243. The number of carbonyl (C=O) groups excluding carboxylic acids is 1. The number of esters is 1. The maximum absolute atomic E-state index is 10.8. The van der Waals surface area contributed by atoms with Crippen molar-refractivity contribution < 1.29 is 34.8 Å². The van der Waals surface area contributed by atoms with Crippen LogP contribution in [0.3, 0.4) is 0 Å². The summed E-state index contributed by atoms with van der Waals surface area (Å²) in [5.41, 5.74) is 0.403. The Labute approximate surface area is 138 Å². The largest absolute Gasteiger partial charge is 0.504 e. The highest BCUT2D eigenvalue weighted by molar-refractivity contribution is 5.74. The first-order valence-electron chi connectivity index (χ1n) is 7.03. The minimum absolute atomic E-state index is 0.224. The Morgan fingerprint density at radius 1 is 1.04 bits per heavy atom. The number of carboxylic acid groups (broad SMARTS) is 1. The highest BCUT2D eigenvalue weighted by Crippen LogP contribution is 2.28. The van der Waals surface area contributed by atoms with Crippen molar-refractivity contribution in [3.05, 3.63) is 54.1 Å². The van der Waals surface area contributed by atoms with E-state index in [0.717, 1.165) is 0 Å². The molecule has 0 amide bonds. The van der Waals surface area contributed by atoms with Crippen molar-refractivity contribution in [1.82, 2.24) is 0 Å². The average Bonchev–Trinajstić information content (AvgIpc) is 2.58. The molecule has 1 atom stereocenters. The number of hydrogen-bond donors (Lipinski definition) is 4. The fraction of sp³-hybridized carbons (Fsp3) is 0.176. The van der Waals surface area contributed by atoms with E-state index >= 15 is 0 Å². The highest BCUT2D eigenvalue weighted by atomic mass is 16.5. The van der Waals surface area contributed by atoms with Crippen LogP contribution < -0.4 is 4.74 Å². The summed E-state index contributed by atoms with van der Waals surface area (Å²) in [7, 11) is 0. The number of aliphatic hydroxyl groups excluding tert-OH is 1. The van der Waals surface area contributed by atoms with E-state index in [-0.39, 0.29) is 29.6 Å². The van der Waals surface area contributed by atoms with E-state index < -0.39 is 12.1 Å². The van der Waals surface area contributed by atoms with Gasteiger partial charge in [0.25, 0.3) is 0 Å². The Kier molecular flexibility index (Phi) is 7.25. The van der Waals surface area contributed by atoms with Crippen LogP contribution in [-0.4, -0.2) is 32.4 Å². The molecular formula is C17H18O7. The SMILES string of the molecule is CCC(=O)Oc1ccc(O)c(O)c1.O=C(O)[C@H](O)c1ccccc1.